The van der Waals surface area contributed by atoms with Crippen molar-refractivity contribution >= 4 is 74.4 Å². The van der Waals surface area contributed by atoms with Crippen LogP contribution in [0.2, 0.25) is 0 Å². The van der Waals surface area contributed by atoms with Crippen molar-refractivity contribution in [2.75, 3.05) is 64.2 Å². The molecule has 1 saturated carbocycles. The fourth-order valence-corrected chi connectivity index (χ4v) is 16.1. The zero-order valence-electron chi connectivity index (χ0n) is 61.0. The van der Waals surface area contributed by atoms with Gasteiger partial charge in [-0.1, -0.05) is 116 Å². The average Bonchev–Trinajstić information content (AvgIpc) is 0.780. The van der Waals surface area contributed by atoms with E-state index in [1.54, 1.807) is 50.7 Å². The summed E-state index contributed by atoms with van der Waals surface area (Å²) < 4.78 is 31.6. The van der Waals surface area contributed by atoms with Crippen molar-refractivity contribution < 1.29 is 37.5 Å². The molecule has 19 nitrogen and oxygen atoms in total. The van der Waals surface area contributed by atoms with Gasteiger partial charge in [-0.25, -0.2) is 18.4 Å². The number of carbonyl (C=O) groups is 6. The number of amides is 4. The van der Waals surface area contributed by atoms with Crippen molar-refractivity contribution in [3.8, 4) is 5.69 Å². The number of hydrogen-bond donors (Lipinski definition) is 4. The number of ketones is 2. The van der Waals surface area contributed by atoms with Crippen LogP contribution in [-0.4, -0.2) is 140 Å². The van der Waals surface area contributed by atoms with Crippen molar-refractivity contribution in [3.63, 3.8) is 0 Å². The lowest BCUT2D eigenvalue weighted by Gasteiger charge is -2.38. The van der Waals surface area contributed by atoms with Gasteiger partial charge in [-0.2, -0.15) is 10.2 Å². The van der Waals surface area contributed by atoms with Crippen molar-refractivity contribution in [1.82, 2.24) is 45.0 Å². The van der Waals surface area contributed by atoms with Crippen LogP contribution in [0.5, 0.6) is 0 Å². The van der Waals surface area contributed by atoms with Gasteiger partial charge < -0.3 is 31.5 Å². The molecule has 0 radical (unpaired) electrons. The summed E-state index contributed by atoms with van der Waals surface area (Å²) in [6.07, 6.45) is 12.4. The lowest BCUT2D eigenvalue weighted by atomic mass is 9.77. The van der Waals surface area contributed by atoms with Crippen molar-refractivity contribution in [2.45, 2.75) is 96.4 Å². The zero-order chi connectivity index (χ0) is 74.9. The van der Waals surface area contributed by atoms with Gasteiger partial charge in [0.05, 0.1) is 34.5 Å². The number of anilines is 1. The number of fused-ring (bicyclic) bond motifs is 2. The molecular weight excluding hydrogens is 1360 g/mol. The molecule has 2 saturated heterocycles. The zero-order valence-corrected chi connectivity index (χ0v) is 61.0. The monoisotopic (exact) mass is 1450 g/mol. The van der Waals surface area contributed by atoms with E-state index in [0.29, 0.717) is 60.7 Å². The number of nitrogens with zero attached hydrogens (tertiary/aromatic N) is 9. The van der Waals surface area contributed by atoms with Crippen LogP contribution in [0.4, 0.5) is 14.5 Å². The second kappa shape index (κ2) is 31.0. The van der Waals surface area contributed by atoms with Crippen LogP contribution >= 0.6 is 0 Å². The van der Waals surface area contributed by atoms with Crippen LogP contribution in [0.15, 0.2) is 180 Å². The van der Waals surface area contributed by atoms with Gasteiger partial charge >= 0.3 is 0 Å². The first-order valence-electron chi connectivity index (χ1n) is 37.4. The van der Waals surface area contributed by atoms with E-state index in [-0.39, 0.29) is 71.6 Å². The summed E-state index contributed by atoms with van der Waals surface area (Å²) in [7, 11) is 1.84. The summed E-state index contributed by atoms with van der Waals surface area (Å²) in [5.74, 6) is -0.157. The first kappa shape index (κ1) is 71.9. The maximum atomic E-state index is 14.6. The summed E-state index contributed by atoms with van der Waals surface area (Å²) in [6, 6.07) is 49.4. The molecular formula is C87H85F2N13O6. The molecule has 6 aliphatic heterocycles. The number of Topliss-reactive ketones (excluding diaryl/α,β-unsaturated/α-hetero) is 2. The van der Waals surface area contributed by atoms with Crippen LogP contribution in [0, 0.1) is 31.4 Å². The number of benzene rings is 8. The molecule has 8 aliphatic rings. The average molecular weight is 1450 g/mol. The predicted octanol–water partition coefficient (Wildman–Crippen LogP) is 13.1. The van der Waals surface area contributed by atoms with E-state index in [1.807, 2.05) is 73.6 Å². The van der Waals surface area contributed by atoms with Crippen LogP contribution < -0.4 is 21.7 Å². The summed E-state index contributed by atoms with van der Waals surface area (Å²) in [5.41, 5.74) is 27.0. The maximum absolute atomic E-state index is 14.6. The van der Waals surface area contributed by atoms with Gasteiger partial charge in [-0.3, -0.25) is 43.4 Å². The Hall–Kier alpha value is -11.7. The maximum Gasteiger partial charge on any atom is 0.256 e. The van der Waals surface area contributed by atoms with Crippen LogP contribution in [-0.2, 0) is 31.1 Å². The van der Waals surface area contributed by atoms with Gasteiger partial charge in [0, 0.05) is 109 Å². The van der Waals surface area contributed by atoms with Crippen LogP contribution in [0.25, 0.3) is 27.7 Å². The molecule has 0 spiro atoms. The Balaban J connectivity index is 0.000000116. The number of piperidine rings is 1. The second-order valence-electron chi connectivity index (χ2n) is 29.1. The normalized spacial score (nSPS) is 18.2. The molecule has 0 bridgehead atoms. The van der Waals surface area contributed by atoms with Gasteiger partial charge in [0.25, 0.3) is 17.7 Å². The molecule has 10 aromatic rings. The number of halogens is 2. The number of allylic oxidation sites excluding steroid dienone is 1. The van der Waals surface area contributed by atoms with Crippen LogP contribution in [0.1, 0.15) is 182 Å². The number of carbonyl (C=O) groups excluding carboxylic acids is 6. The third-order valence-corrected chi connectivity index (χ3v) is 21.7. The number of aliphatic imine (C=N–C) groups is 2. The number of hydrogen-bond acceptors (Lipinski definition) is 13. The first-order valence-corrected chi connectivity index (χ1v) is 37.4. The van der Waals surface area contributed by atoms with Gasteiger partial charge in [0.2, 0.25) is 5.91 Å². The van der Waals surface area contributed by atoms with E-state index in [9.17, 15) is 37.5 Å². The van der Waals surface area contributed by atoms with Gasteiger partial charge in [-0.05, 0) is 188 Å². The third-order valence-electron chi connectivity index (χ3n) is 21.7. The fraction of sp³-hybridized carbons (Fsp3) is 0.299. The largest absolute Gasteiger partial charge is 0.377 e. The van der Waals surface area contributed by atoms with E-state index in [1.165, 1.54) is 88.3 Å². The minimum absolute atomic E-state index is 0.0152. The van der Waals surface area contributed by atoms with Crippen molar-refractivity contribution in [2.24, 2.45) is 28.7 Å². The molecule has 0 unspecified atom stereocenters. The number of aryl methyl sites for hydroxylation is 4. The fourth-order valence-electron chi connectivity index (χ4n) is 16.1. The molecule has 3 fully saturated rings. The van der Waals surface area contributed by atoms with E-state index in [4.69, 9.17) is 5.73 Å². The number of piperazine rings is 1. The Morgan fingerprint density at radius 2 is 1.39 bits per heavy atom. The van der Waals surface area contributed by atoms with E-state index in [2.05, 4.69) is 110 Å². The quantitative estimate of drug-likeness (QED) is 0.0896. The highest BCUT2D eigenvalue weighted by atomic mass is 19.1. The molecule has 8 heterocycles. The van der Waals surface area contributed by atoms with Gasteiger partial charge in [0.1, 0.15) is 42.4 Å². The molecule has 3 atom stereocenters. The molecule has 5 N–H and O–H groups in total. The lowest BCUT2D eigenvalue weighted by Crippen LogP contribution is -2.51. The van der Waals surface area contributed by atoms with Gasteiger partial charge in [0.15, 0.2) is 11.6 Å². The Labute approximate surface area is 625 Å². The molecule has 2 aliphatic carbocycles. The number of rotatable bonds is 12. The predicted molar refractivity (Wildman–Crippen MR) is 414 cm³/mol. The van der Waals surface area contributed by atoms with E-state index >= 15 is 0 Å². The Morgan fingerprint density at radius 3 is 2.11 bits per heavy atom. The van der Waals surface area contributed by atoms with Crippen LogP contribution in [0.3, 0.4) is 0 Å². The topological polar surface area (TPSA) is 244 Å². The number of nitrogens with two attached hydrogens (primary N) is 1. The number of primary amides is 1. The van der Waals surface area contributed by atoms with Crippen molar-refractivity contribution in [3.05, 3.63) is 277 Å². The standard InChI is InChI=1S/C25H24FN3O3.C22H23NO.C21H18FN5O.C19H20N4O/c26-21-8-5-16(14-22-18-3-1-2-4-19(18)23(30)15-27-22)13-20(21)25(32)29-11-9-28(10-12-29)24(31)17-6-7-17;1-3-4-15-5-7-16(8-6-15)19-13-17-11-14(2)12-20-21(17)18(19)9-10-23-22(20)24;1-11-7-14-16(28)9-23-20-17(14)15(8-11)26-19(12-3-5-13(22)6-4-12)18(20)21-24-10-25-27(21)2;20-19(24)17-5-1-3-15-12-23(22-18(15)17)16-8-6-13(7-9-16)14-4-2-10-21-11-14/h1-5,8,13,17H,6-7,9-12,14-15H2;5-8,11-12H,3-4,9-10,13H2,1-2H3,(H,23,24);3-8,10,18-19,26H,9H2,1-2H3;1,3,5-9,12,14,21H,2,4,10-11H2,(H2,20,24)/t;;18-,19-;14-/m..11/s1. The highest BCUT2D eigenvalue weighted by molar-refractivity contribution is 6.22. The molecule has 2 aromatic heterocycles. The molecule has 8 aromatic carbocycles. The van der Waals surface area contributed by atoms with Crippen molar-refractivity contribution in [1.29, 1.82) is 0 Å². The van der Waals surface area contributed by atoms with Gasteiger partial charge in [-0.15, -0.1) is 0 Å². The minimum atomic E-state index is -0.559. The molecule has 4 amide bonds. The highest BCUT2D eigenvalue weighted by Gasteiger charge is 2.43. The molecule has 108 heavy (non-hydrogen) atoms. The Bertz CT molecular complexity index is 5290. The number of nitrogens with one attached hydrogen (secondary N) is 3. The summed E-state index contributed by atoms with van der Waals surface area (Å²) >= 11 is 0. The molecule has 21 heteroatoms. The first-order chi connectivity index (χ1) is 52.4. The smallest absolute Gasteiger partial charge is 0.256 e. The highest BCUT2D eigenvalue weighted by Crippen LogP contribution is 2.46. The summed E-state index contributed by atoms with van der Waals surface area (Å²) in [6.45, 7) is 11.2. The third kappa shape index (κ3) is 14.9. The Kier molecular flexibility index (Phi) is 20.6. The summed E-state index contributed by atoms with van der Waals surface area (Å²) in [4.78, 5) is 90.8. The van der Waals surface area contributed by atoms with E-state index in [0.717, 1.165) is 119 Å². The molecule has 18 rings (SSSR count). The minimum Gasteiger partial charge on any atom is -0.377 e. The van der Waals surface area contributed by atoms with E-state index < -0.39 is 11.7 Å². The Morgan fingerprint density at radius 1 is 0.676 bits per heavy atom. The number of aromatic nitrogens is 5. The molecule has 548 valence electrons. The summed E-state index contributed by atoms with van der Waals surface area (Å²) in [5, 5.41) is 19.7. The SMILES string of the molecule is CCCc1ccc(C2=C3CCNC(=O)c4cc(C)cc(c43)C2)cc1.Cc1cc2c3c(c1)C(=O)CN=C3[C@H](c1ncnn1C)[C@@H](c1ccc(F)cc1)N2.NC(=O)c1cccc2cn(-c3ccc([C@@H]4CCCNC4)cc3)nc12.O=C1CN=C(Cc2ccc(F)c(C(=O)N3CCN(C(=O)C4CC4)CC3)c2)c2ccccc21. The lowest BCUT2D eigenvalue weighted by molar-refractivity contribution is -0.134. The second-order valence-corrected chi connectivity index (χ2v) is 29.1.